The molecule has 3 nitrogen and oxygen atoms in total. The number of aliphatic hydroxyl groups is 1. The van der Waals surface area contributed by atoms with Crippen molar-refractivity contribution in [2.24, 2.45) is 0 Å². The van der Waals surface area contributed by atoms with Crippen LogP contribution >= 0.6 is 43.2 Å². The molecule has 0 aliphatic carbocycles. The zero-order valence-corrected chi connectivity index (χ0v) is 14.3. The molecule has 2 rings (SSSR count). The molecule has 1 N–H and O–H groups in total. The summed E-state index contributed by atoms with van der Waals surface area (Å²) in [5, 5.41) is 10.5. The Morgan fingerprint density at radius 1 is 1.11 bits per heavy atom. The van der Waals surface area contributed by atoms with Crippen LogP contribution in [0.15, 0.2) is 32.5 Å². The van der Waals surface area contributed by atoms with Crippen LogP contribution in [0.2, 0.25) is 0 Å². The number of ether oxygens (including phenoxy) is 2. The predicted octanol–water partition coefficient (Wildman–Crippen LogP) is 4.37. The average Bonchev–Trinajstić information content (AvgIpc) is 2.84. The molecule has 0 saturated heterocycles. The summed E-state index contributed by atoms with van der Waals surface area (Å²) in [6.07, 6.45) is -0.728. The van der Waals surface area contributed by atoms with Gasteiger partial charge in [-0.3, -0.25) is 0 Å². The molecule has 1 heterocycles. The zero-order chi connectivity index (χ0) is 14.0. The van der Waals surface area contributed by atoms with Gasteiger partial charge in [0.25, 0.3) is 0 Å². The van der Waals surface area contributed by atoms with Gasteiger partial charge in [0.2, 0.25) is 0 Å². The molecule has 0 radical (unpaired) electrons. The van der Waals surface area contributed by atoms with Gasteiger partial charge in [-0.2, -0.15) is 0 Å². The summed E-state index contributed by atoms with van der Waals surface area (Å²) in [7, 11) is 3.16. The molecular weight excluding hydrogens is 396 g/mol. The van der Waals surface area contributed by atoms with E-state index in [0.717, 1.165) is 8.66 Å². The summed E-state index contributed by atoms with van der Waals surface area (Å²) in [6, 6.07) is 7.40. The van der Waals surface area contributed by atoms with Crippen molar-refractivity contribution in [3.8, 4) is 11.5 Å². The van der Waals surface area contributed by atoms with Crippen molar-refractivity contribution in [1.82, 2.24) is 0 Å². The van der Waals surface area contributed by atoms with Gasteiger partial charge in [-0.15, -0.1) is 11.3 Å². The van der Waals surface area contributed by atoms with Crippen molar-refractivity contribution >= 4 is 43.2 Å². The number of methoxy groups -OCH3 is 2. The normalized spacial score (nSPS) is 12.3. The summed E-state index contributed by atoms with van der Waals surface area (Å²) in [5.74, 6) is 1.25. The Morgan fingerprint density at radius 2 is 1.84 bits per heavy atom. The van der Waals surface area contributed by atoms with Crippen LogP contribution in [0.1, 0.15) is 16.5 Å². The third kappa shape index (κ3) is 2.97. The number of aliphatic hydroxyl groups excluding tert-OH is 1. The number of hydrogen-bond acceptors (Lipinski definition) is 4. The molecule has 0 saturated carbocycles. The van der Waals surface area contributed by atoms with Crippen molar-refractivity contribution in [2.75, 3.05) is 14.2 Å². The molecular formula is C13H12Br2O3S. The van der Waals surface area contributed by atoms with Crippen molar-refractivity contribution in [2.45, 2.75) is 6.10 Å². The smallest absolute Gasteiger partial charge is 0.142 e. The Kier molecular flexibility index (Phi) is 4.89. The van der Waals surface area contributed by atoms with Crippen LogP contribution < -0.4 is 9.47 Å². The summed E-state index contributed by atoms with van der Waals surface area (Å²) >= 11 is 8.31. The predicted molar refractivity (Wildman–Crippen MR) is 83.3 cm³/mol. The van der Waals surface area contributed by atoms with E-state index < -0.39 is 6.10 Å². The first kappa shape index (κ1) is 14.8. The minimum Gasteiger partial charge on any atom is -0.495 e. The molecule has 1 aromatic heterocycles. The minimum absolute atomic E-state index is 0.580. The van der Waals surface area contributed by atoms with E-state index in [1.807, 2.05) is 12.1 Å². The van der Waals surface area contributed by atoms with Crippen molar-refractivity contribution < 1.29 is 14.6 Å². The van der Waals surface area contributed by atoms with Crippen molar-refractivity contribution in [3.05, 3.63) is 43.0 Å². The van der Waals surface area contributed by atoms with Gasteiger partial charge in [0.1, 0.15) is 22.1 Å². The first-order valence-corrected chi connectivity index (χ1v) is 7.82. The molecule has 0 spiro atoms. The molecule has 2 aromatic rings. The molecule has 1 aromatic carbocycles. The summed E-state index contributed by atoms with van der Waals surface area (Å²) < 4.78 is 12.3. The zero-order valence-electron chi connectivity index (χ0n) is 10.3. The van der Waals surface area contributed by atoms with E-state index in [1.165, 1.54) is 11.3 Å². The lowest BCUT2D eigenvalue weighted by atomic mass is 10.1. The SMILES string of the molecule is COc1ccc(C(O)c2ccc(Br)s2)c(OC)c1Br. The summed E-state index contributed by atoms with van der Waals surface area (Å²) in [5.41, 5.74) is 0.699. The highest BCUT2D eigenvalue weighted by molar-refractivity contribution is 9.11. The first-order chi connectivity index (χ1) is 9.08. The first-order valence-electron chi connectivity index (χ1n) is 5.42. The Labute approximate surface area is 132 Å². The van der Waals surface area contributed by atoms with Crippen molar-refractivity contribution in [3.63, 3.8) is 0 Å². The van der Waals surface area contributed by atoms with Gasteiger partial charge in [0, 0.05) is 10.4 Å². The van der Waals surface area contributed by atoms with Gasteiger partial charge < -0.3 is 14.6 Å². The van der Waals surface area contributed by atoms with Gasteiger partial charge in [-0.1, -0.05) is 0 Å². The second-order valence-corrected chi connectivity index (χ2v) is 7.04. The van der Waals surface area contributed by atoms with Gasteiger partial charge in [-0.25, -0.2) is 0 Å². The molecule has 102 valence electrons. The van der Waals surface area contributed by atoms with E-state index in [0.29, 0.717) is 21.5 Å². The fourth-order valence-corrected chi connectivity index (χ4v) is 3.88. The lowest BCUT2D eigenvalue weighted by molar-refractivity contribution is 0.218. The summed E-state index contributed by atoms with van der Waals surface area (Å²) in [4.78, 5) is 0.849. The largest absolute Gasteiger partial charge is 0.495 e. The molecule has 0 fully saturated rings. The Balaban J connectivity index is 2.47. The Bertz CT molecular complexity index is 583. The second-order valence-electron chi connectivity index (χ2n) is 3.75. The summed E-state index contributed by atoms with van der Waals surface area (Å²) in [6.45, 7) is 0. The van der Waals surface area contributed by atoms with Gasteiger partial charge in [-0.05, 0) is 56.1 Å². The maximum atomic E-state index is 10.5. The number of halogens is 2. The van der Waals surface area contributed by atoms with Crippen LogP contribution in [-0.2, 0) is 0 Å². The van der Waals surface area contributed by atoms with Crippen LogP contribution in [0.25, 0.3) is 0 Å². The fourth-order valence-electron chi connectivity index (χ4n) is 1.76. The van der Waals surface area contributed by atoms with E-state index in [2.05, 4.69) is 31.9 Å². The molecule has 0 aliphatic rings. The van der Waals surface area contributed by atoms with E-state index in [1.54, 1.807) is 26.4 Å². The molecule has 1 atom stereocenters. The molecule has 0 bridgehead atoms. The molecule has 0 amide bonds. The van der Waals surface area contributed by atoms with Gasteiger partial charge in [0.05, 0.1) is 18.0 Å². The number of benzene rings is 1. The third-order valence-corrected chi connectivity index (χ3v) is 5.10. The molecule has 1 unspecified atom stereocenters. The lowest BCUT2D eigenvalue weighted by Crippen LogP contribution is -2.02. The highest BCUT2D eigenvalue weighted by Crippen LogP contribution is 2.42. The van der Waals surface area contributed by atoms with Crippen LogP contribution in [-0.4, -0.2) is 19.3 Å². The van der Waals surface area contributed by atoms with Gasteiger partial charge in [0.15, 0.2) is 0 Å². The highest BCUT2D eigenvalue weighted by Gasteiger charge is 2.21. The van der Waals surface area contributed by atoms with Crippen molar-refractivity contribution in [1.29, 1.82) is 0 Å². The minimum atomic E-state index is -0.728. The maximum Gasteiger partial charge on any atom is 0.142 e. The second kappa shape index (κ2) is 6.26. The van der Waals surface area contributed by atoms with Gasteiger partial charge >= 0.3 is 0 Å². The average molecular weight is 408 g/mol. The van der Waals surface area contributed by atoms with Crippen LogP contribution in [0.4, 0.5) is 0 Å². The van der Waals surface area contributed by atoms with Crippen LogP contribution in [0.5, 0.6) is 11.5 Å². The Morgan fingerprint density at radius 3 is 2.37 bits per heavy atom. The van der Waals surface area contributed by atoms with E-state index in [-0.39, 0.29) is 0 Å². The van der Waals surface area contributed by atoms with E-state index in [9.17, 15) is 5.11 Å². The third-order valence-electron chi connectivity index (χ3n) is 2.67. The number of hydrogen-bond donors (Lipinski definition) is 1. The molecule has 6 heteroatoms. The fraction of sp³-hybridized carbons (Fsp3) is 0.231. The topological polar surface area (TPSA) is 38.7 Å². The van der Waals surface area contributed by atoms with E-state index >= 15 is 0 Å². The van der Waals surface area contributed by atoms with Crippen LogP contribution in [0.3, 0.4) is 0 Å². The molecule has 0 aliphatic heterocycles. The van der Waals surface area contributed by atoms with Crippen LogP contribution in [0, 0.1) is 0 Å². The maximum absolute atomic E-state index is 10.5. The highest BCUT2D eigenvalue weighted by atomic mass is 79.9. The quantitative estimate of drug-likeness (QED) is 0.817. The Hall–Kier alpha value is -0.560. The van der Waals surface area contributed by atoms with E-state index in [4.69, 9.17) is 9.47 Å². The lowest BCUT2D eigenvalue weighted by Gasteiger charge is -2.16. The molecule has 19 heavy (non-hydrogen) atoms. The monoisotopic (exact) mass is 406 g/mol. The standard InChI is InChI=1S/C13H12Br2O3S/c1-17-8-4-3-7(13(18-2)11(8)15)12(16)9-5-6-10(14)19-9/h3-6,12,16H,1-2H3. The number of thiophene rings is 1. The number of rotatable bonds is 4.